The first-order chi connectivity index (χ1) is 9.90. The molecule has 0 saturated carbocycles. The summed E-state index contributed by atoms with van der Waals surface area (Å²) in [4.78, 5) is 22.1. The molecule has 108 valence electrons. The van der Waals surface area contributed by atoms with Crippen LogP contribution in [0.3, 0.4) is 0 Å². The van der Waals surface area contributed by atoms with Crippen LogP contribution >= 0.6 is 23.2 Å². The number of hydrogen-bond acceptors (Lipinski definition) is 3. The minimum atomic E-state index is -0.756. The van der Waals surface area contributed by atoms with Crippen LogP contribution < -0.4 is 5.32 Å². The highest BCUT2D eigenvalue weighted by Gasteiger charge is 2.20. The quantitative estimate of drug-likeness (QED) is 0.674. The number of nitro benzene ring substituents is 1. The second-order valence-corrected chi connectivity index (χ2v) is 4.77. The molecule has 0 aliphatic carbocycles. The van der Waals surface area contributed by atoms with Crippen molar-refractivity contribution in [3.63, 3.8) is 0 Å². The summed E-state index contributed by atoms with van der Waals surface area (Å²) < 4.78 is 13.4. The van der Waals surface area contributed by atoms with Crippen molar-refractivity contribution in [2.45, 2.75) is 0 Å². The van der Waals surface area contributed by atoms with Crippen LogP contribution in [0.2, 0.25) is 10.0 Å². The first kappa shape index (κ1) is 15.2. The largest absolute Gasteiger partial charge is 0.319 e. The molecule has 2 aromatic rings. The van der Waals surface area contributed by atoms with E-state index in [1.165, 1.54) is 30.3 Å². The molecule has 1 N–H and O–H groups in total. The minimum Gasteiger partial charge on any atom is -0.319 e. The Hall–Kier alpha value is -2.18. The molecule has 0 saturated heterocycles. The third-order valence-corrected chi connectivity index (χ3v) is 3.38. The number of nitrogens with one attached hydrogen (secondary N) is 1. The number of amides is 1. The zero-order valence-corrected chi connectivity index (χ0v) is 11.8. The van der Waals surface area contributed by atoms with Crippen molar-refractivity contribution < 1.29 is 14.1 Å². The second kappa shape index (κ2) is 6.07. The normalized spacial score (nSPS) is 10.2. The molecule has 0 heterocycles. The van der Waals surface area contributed by atoms with E-state index in [4.69, 9.17) is 23.2 Å². The maximum Gasteiger partial charge on any atom is 0.290 e. The van der Waals surface area contributed by atoms with Crippen molar-refractivity contribution in [3.8, 4) is 0 Å². The summed E-state index contributed by atoms with van der Waals surface area (Å²) in [7, 11) is 0. The zero-order chi connectivity index (χ0) is 15.6. The Morgan fingerprint density at radius 1 is 1.24 bits per heavy atom. The molecule has 0 fully saturated rings. The number of hydrogen-bond donors (Lipinski definition) is 1. The smallest absolute Gasteiger partial charge is 0.290 e. The van der Waals surface area contributed by atoms with Gasteiger partial charge in [-0.05, 0) is 18.2 Å². The Morgan fingerprint density at radius 3 is 2.52 bits per heavy atom. The van der Waals surface area contributed by atoms with Crippen LogP contribution in [0.15, 0.2) is 36.4 Å². The summed E-state index contributed by atoms with van der Waals surface area (Å²) in [6.07, 6.45) is 0. The van der Waals surface area contributed by atoms with Gasteiger partial charge in [-0.25, -0.2) is 4.39 Å². The molecule has 0 aliphatic rings. The van der Waals surface area contributed by atoms with E-state index in [-0.39, 0.29) is 21.3 Å². The van der Waals surface area contributed by atoms with Crippen LogP contribution in [-0.2, 0) is 0 Å². The van der Waals surface area contributed by atoms with E-state index >= 15 is 0 Å². The molecule has 0 aromatic heterocycles. The fourth-order valence-corrected chi connectivity index (χ4v) is 1.99. The van der Waals surface area contributed by atoms with Gasteiger partial charge in [-0.3, -0.25) is 14.9 Å². The average molecular weight is 329 g/mol. The standard InChI is InChI=1S/C13H7Cl2FN2O3/c14-8-5-7(6-11(12(8)15)18(20)21)13(19)17-10-4-2-1-3-9(10)16/h1-6H,(H,17,19). The number of carbonyl (C=O) groups is 1. The Labute approximate surface area is 128 Å². The van der Waals surface area contributed by atoms with Crippen molar-refractivity contribution >= 4 is 40.5 Å². The highest BCUT2D eigenvalue weighted by atomic mass is 35.5. The summed E-state index contributed by atoms with van der Waals surface area (Å²) >= 11 is 11.4. The molecule has 8 heteroatoms. The van der Waals surface area contributed by atoms with E-state index in [1.807, 2.05) is 0 Å². The fraction of sp³-hybridized carbons (Fsp3) is 0. The molecule has 0 atom stereocenters. The third kappa shape index (κ3) is 3.29. The van der Waals surface area contributed by atoms with Crippen molar-refractivity contribution in [2.75, 3.05) is 5.32 Å². The van der Waals surface area contributed by atoms with Gasteiger partial charge in [0.1, 0.15) is 10.8 Å². The number of halogens is 3. The molecule has 21 heavy (non-hydrogen) atoms. The van der Waals surface area contributed by atoms with Gasteiger partial charge in [0.15, 0.2) is 0 Å². The Balaban J connectivity index is 2.36. The average Bonchev–Trinajstić information content (AvgIpc) is 2.43. The number of nitro groups is 1. The maximum absolute atomic E-state index is 13.4. The van der Waals surface area contributed by atoms with Gasteiger partial charge in [-0.2, -0.15) is 0 Å². The van der Waals surface area contributed by atoms with Gasteiger partial charge in [0.25, 0.3) is 11.6 Å². The van der Waals surface area contributed by atoms with Gasteiger partial charge in [0.2, 0.25) is 0 Å². The lowest BCUT2D eigenvalue weighted by molar-refractivity contribution is -0.384. The van der Waals surface area contributed by atoms with Gasteiger partial charge < -0.3 is 5.32 Å². The van der Waals surface area contributed by atoms with Crippen LogP contribution in [0, 0.1) is 15.9 Å². The molecular weight excluding hydrogens is 322 g/mol. The first-order valence-electron chi connectivity index (χ1n) is 5.59. The van der Waals surface area contributed by atoms with E-state index in [2.05, 4.69) is 5.32 Å². The van der Waals surface area contributed by atoms with Crippen LogP contribution in [0.25, 0.3) is 0 Å². The number of rotatable bonds is 3. The Kier molecular flexibility index (Phi) is 4.40. The summed E-state index contributed by atoms with van der Waals surface area (Å²) in [6.45, 7) is 0. The number of nitrogens with zero attached hydrogens (tertiary/aromatic N) is 1. The van der Waals surface area contributed by atoms with Crippen LogP contribution in [0.4, 0.5) is 15.8 Å². The monoisotopic (exact) mass is 328 g/mol. The zero-order valence-electron chi connectivity index (χ0n) is 10.3. The number of benzene rings is 2. The SMILES string of the molecule is O=C(Nc1ccccc1F)c1cc(Cl)c(Cl)c([N+](=O)[O-])c1. The molecule has 0 radical (unpaired) electrons. The van der Waals surface area contributed by atoms with Crippen molar-refractivity contribution in [3.05, 3.63) is 67.9 Å². The van der Waals surface area contributed by atoms with E-state index in [0.29, 0.717) is 0 Å². The molecule has 0 bridgehead atoms. The van der Waals surface area contributed by atoms with Crippen molar-refractivity contribution in [1.29, 1.82) is 0 Å². The molecule has 5 nitrogen and oxygen atoms in total. The number of anilines is 1. The number of carbonyl (C=O) groups excluding carboxylic acids is 1. The number of para-hydroxylation sites is 1. The lowest BCUT2D eigenvalue weighted by Gasteiger charge is -2.07. The van der Waals surface area contributed by atoms with E-state index in [0.717, 1.165) is 6.07 Å². The summed E-state index contributed by atoms with van der Waals surface area (Å²) in [5.74, 6) is -1.36. The minimum absolute atomic E-state index is 0.0452. The van der Waals surface area contributed by atoms with Gasteiger partial charge in [-0.15, -0.1) is 0 Å². The highest BCUT2D eigenvalue weighted by Crippen LogP contribution is 2.33. The van der Waals surface area contributed by atoms with Crippen LogP contribution in [0.1, 0.15) is 10.4 Å². The van der Waals surface area contributed by atoms with Crippen molar-refractivity contribution in [1.82, 2.24) is 0 Å². The lowest BCUT2D eigenvalue weighted by Crippen LogP contribution is -2.13. The summed E-state index contributed by atoms with van der Waals surface area (Å²) in [6, 6.07) is 7.69. The molecule has 1 amide bonds. The Bertz CT molecular complexity index is 737. The van der Waals surface area contributed by atoms with Crippen LogP contribution in [0.5, 0.6) is 0 Å². The second-order valence-electron chi connectivity index (χ2n) is 3.98. The third-order valence-electron chi connectivity index (χ3n) is 2.59. The summed E-state index contributed by atoms with van der Waals surface area (Å²) in [5.41, 5.74) is -0.640. The first-order valence-corrected chi connectivity index (χ1v) is 6.35. The molecule has 2 rings (SSSR count). The molecule has 0 aliphatic heterocycles. The van der Waals surface area contributed by atoms with E-state index in [9.17, 15) is 19.3 Å². The molecular formula is C13H7Cl2FN2O3. The highest BCUT2D eigenvalue weighted by molar-refractivity contribution is 6.43. The van der Waals surface area contributed by atoms with Crippen LogP contribution in [-0.4, -0.2) is 10.8 Å². The molecule has 0 unspecified atom stereocenters. The van der Waals surface area contributed by atoms with Gasteiger partial charge in [0.05, 0.1) is 15.6 Å². The molecule has 2 aromatic carbocycles. The summed E-state index contributed by atoms with van der Waals surface area (Å²) in [5, 5.41) is 12.7. The molecule has 0 spiro atoms. The fourth-order valence-electron chi connectivity index (χ4n) is 1.60. The van der Waals surface area contributed by atoms with Gasteiger partial charge in [0, 0.05) is 11.6 Å². The Morgan fingerprint density at radius 2 is 1.90 bits per heavy atom. The van der Waals surface area contributed by atoms with Crippen molar-refractivity contribution in [2.24, 2.45) is 0 Å². The lowest BCUT2D eigenvalue weighted by atomic mass is 10.2. The van der Waals surface area contributed by atoms with E-state index in [1.54, 1.807) is 0 Å². The predicted octanol–water partition coefficient (Wildman–Crippen LogP) is 4.29. The topological polar surface area (TPSA) is 72.2 Å². The maximum atomic E-state index is 13.4. The van der Waals surface area contributed by atoms with Gasteiger partial charge >= 0.3 is 0 Å². The van der Waals surface area contributed by atoms with Gasteiger partial charge in [-0.1, -0.05) is 35.3 Å². The predicted molar refractivity (Wildman–Crippen MR) is 77.5 cm³/mol. The van der Waals surface area contributed by atoms with E-state index < -0.39 is 22.3 Å².